The van der Waals surface area contributed by atoms with Crippen molar-refractivity contribution in [2.24, 2.45) is 0 Å². The molecule has 0 spiro atoms. The molecule has 1 amide bonds. The summed E-state index contributed by atoms with van der Waals surface area (Å²) >= 11 is 1.69. The van der Waals surface area contributed by atoms with Gasteiger partial charge < -0.3 is 10.2 Å². The second-order valence-corrected chi connectivity index (χ2v) is 10.9. The molecule has 1 unspecified atom stereocenters. The number of amides is 1. The van der Waals surface area contributed by atoms with E-state index in [1.165, 1.54) is 4.88 Å². The van der Waals surface area contributed by atoms with Gasteiger partial charge in [-0.3, -0.25) is 4.79 Å². The minimum atomic E-state index is -3.50. The Bertz CT molecular complexity index is 952. The van der Waals surface area contributed by atoms with E-state index >= 15 is 0 Å². The van der Waals surface area contributed by atoms with Gasteiger partial charge in [-0.1, -0.05) is 25.0 Å². The third kappa shape index (κ3) is 4.71. The van der Waals surface area contributed by atoms with Crippen LogP contribution in [0, 0.1) is 0 Å². The number of benzene rings is 1. The first-order valence-electron chi connectivity index (χ1n) is 10.7. The molecule has 0 aliphatic carbocycles. The predicted molar refractivity (Wildman–Crippen MR) is 120 cm³/mol. The van der Waals surface area contributed by atoms with Gasteiger partial charge in [0.25, 0.3) is 0 Å². The van der Waals surface area contributed by atoms with Crippen molar-refractivity contribution in [3.05, 3.63) is 46.7 Å². The summed E-state index contributed by atoms with van der Waals surface area (Å²) in [6, 6.07) is 11.1. The molecule has 162 valence electrons. The number of thiophene rings is 1. The number of sulfonamides is 1. The highest BCUT2D eigenvalue weighted by Crippen LogP contribution is 2.34. The molecule has 0 radical (unpaired) electrons. The molecule has 4 rings (SSSR count). The largest absolute Gasteiger partial charge is 0.376 e. The Labute approximate surface area is 182 Å². The van der Waals surface area contributed by atoms with Crippen LogP contribution in [-0.4, -0.2) is 49.7 Å². The van der Waals surface area contributed by atoms with Gasteiger partial charge in [-0.2, -0.15) is 4.31 Å². The highest BCUT2D eigenvalue weighted by Gasteiger charge is 2.30. The minimum Gasteiger partial charge on any atom is -0.376 e. The lowest BCUT2D eigenvalue weighted by Crippen LogP contribution is -2.35. The Kier molecular flexibility index (Phi) is 6.75. The van der Waals surface area contributed by atoms with Crippen molar-refractivity contribution in [2.75, 3.05) is 31.5 Å². The zero-order chi connectivity index (χ0) is 21.0. The Morgan fingerprint density at radius 2 is 1.83 bits per heavy atom. The second kappa shape index (κ2) is 9.49. The van der Waals surface area contributed by atoms with Gasteiger partial charge in [-0.25, -0.2) is 8.42 Å². The predicted octanol–water partition coefficient (Wildman–Crippen LogP) is 4.09. The van der Waals surface area contributed by atoms with Gasteiger partial charge in [0.05, 0.1) is 17.5 Å². The van der Waals surface area contributed by atoms with E-state index in [9.17, 15) is 13.2 Å². The number of anilines is 1. The molecule has 6 nitrogen and oxygen atoms in total. The normalized spacial score (nSPS) is 20.8. The number of hydrogen-bond donors (Lipinski definition) is 1. The number of nitrogens with one attached hydrogen (secondary N) is 1. The summed E-state index contributed by atoms with van der Waals surface area (Å²) in [4.78, 5) is 16.3. The fourth-order valence-corrected chi connectivity index (χ4v) is 6.76. The molecule has 2 aromatic rings. The maximum Gasteiger partial charge on any atom is 0.243 e. The van der Waals surface area contributed by atoms with Crippen LogP contribution in [0.5, 0.6) is 0 Å². The van der Waals surface area contributed by atoms with E-state index in [1.54, 1.807) is 33.8 Å². The molecular weight excluding hydrogens is 418 g/mol. The Balaban J connectivity index is 1.41. The fraction of sp³-hybridized carbons (Fsp3) is 0.500. The van der Waals surface area contributed by atoms with Crippen LogP contribution in [0.3, 0.4) is 0 Å². The van der Waals surface area contributed by atoms with E-state index in [1.807, 2.05) is 22.4 Å². The molecule has 1 N–H and O–H groups in total. The van der Waals surface area contributed by atoms with Crippen molar-refractivity contribution in [1.29, 1.82) is 0 Å². The lowest BCUT2D eigenvalue weighted by molar-refractivity contribution is -0.130. The van der Waals surface area contributed by atoms with Crippen LogP contribution in [0.4, 0.5) is 5.69 Å². The highest BCUT2D eigenvalue weighted by atomic mass is 32.2. The van der Waals surface area contributed by atoms with E-state index in [0.29, 0.717) is 23.7 Å². The van der Waals surface area contributed by atoms with Crippen molar-refractivity contribution in [3.8, 4) is 0 Å². The lowest BCUT2D eigenvalue weighted by atomic mass is 10.2. The van der Waals surface area contributed by atoms with Crippen molar-refractivity contribution in [3.63, 3.8) is 0 Å². The first kappa shape index (κ1) is 21.3. The number of carbonyl (C=O) groups excluding carboxylic acids is 1. The smallest absolute Gasteiger partial charge is 0.243 e. The monoisotopic (exact) mass is 447 g/mol. The van der Waals surface area contributed by atoms with Gasteiger partial charge in [0.15, 0.2) is 0 Å². The maximum absolute atomic E-state index is 13.0. The third-order valence-electron chi connectivity index (χ3n) is 5.93. The summed E-state index contributed by atoms with van der Waals surface area (Å²) in [5.41, 5.74) is 0.658. The standard InChI is InChI=1S/C22H29N3O3S2/c26-22(25-14-6-10-20(25)21-11-7-15-29-21)17-23-18-8-5-9-19(16-18)30(27,28)24-12-3-1-2-4-13-24/h5,7-9,11,15-16,20,23H,1-4,6,10,12-14,17H2. The molecule has 30 heavy (non-hydrogen) atoms. The molecule has 0 saturated carbocycles. The lowest BCUT2D eigenvalue weighted by Gasteiger charge is -2.24. The van der Waals surface area contributed by atoms with Gasteiger partial charge in [0, 0.05) is 30.2 Å². The summed E-state index contributed by atoms with van der Waals surface area (Å²) in [6.07, 6.45) is 5.99. The molecule has 1 aromatic carbocycles. The Hall–Kier alpha value is -1.90. The van der Waals surface area contributed by atoms with E-state index in [4.69, 9.17) is 0 Å². The number of likely N-dealkylation sites (tertiary alicyclic amines) is 1. The molecule has 2 fully saturated rings. The molecule has 8 heteroatoms. The molecule has 2 aliphatic rings. The van der Waals surface area contributed by atoms with Crippen molar-refractivity contribution < 1.29 is 13.2 Å². The zero-order valence-corrected chi connectivity index (χ0v) is 18.8. The summed E-state index contributed by atoms with van der Waals surface area (Å²) in [6.45, 7) is 2.09. The van der Waals surface area contributed by atoms with E-state index in [-0.39, 0.29) is 18.5 Å². The SMILES string of the molecule is O=C(CNc1cccc(S(=O)(=O)N2CCCCCC2)c1)N1CCCC1c1cccs1. The van der Waals surface area contributed by atoms with Crippen LogP contribution in [-0.2, 0) is 14.8 Å². The number of nitrogens with zero attached hydrogens (tertiary/aromatic N) is 2. The average molecular weight is 448 g/mol. The highest BCUT2D eigenvalue weighted by molar-refractivity contribution is 7.89. The molecule has 0 bridgehead atoms. The first-order chi connectivity index (χ1) is 14.6. The van der Waals surface area contributed by atoms with E-state index in [2.05, 4.69) is 11.4 Å². The Morgan fingerprint density at radius 1 is 1.03 bits per heavy atom. The number of hydrogen-bond acceptors (Lipinski definition) is 5. The van der Waals surface area contributed by atoms with Gasteiger partial charge in [0.1, 0.15) is 0 Å². The van der Waals surface area contributed by atoms with Gasteiger partial charge >= 0.3 is 0 Å². The van der Waals surface area contributed by atoms with Gasteiger partial charge in [0.2, 0.25) is 15.9 Å². The third-order valence-corrected chi connectivity index (χ3v) is 8.79. The maximum atomic E-state index is 13.0. The van der Waals surface area contributed by atoms with Crippen molar-refractivity contribution >= 4 is 33.0 Å². The number of rotatable bonds is 6. The van der Waals surface area contributed by atoms with Crippen LogP contribution >= 0.6 is 11.3 Å². The fourth-order valence-electron chi connectivity index (χ4n) is 4.32. The van der Waals surface area contributed by atoms with E-state index < -0.39 is 10.0 Å². The molecule has 1 atom stereocenters. The molecule has 2 aliphatic heterocycles. The zero-order valence-electron chi connectivity index (χ0n) is 17.1. The molecular formula is C22H29N3O3S2. The second-order valence-electron chi connectivity index (χ2n) is 7.96. The summed E-state index contributed by atoms with van der Waals surface area (Å²) in [5.74, 6) is 0.0479. The summed E-state index contributed by atoms with van der Waals surface area (Å²) in [7, 11) is -3.50. The summed E-state index contributed by atoms with van der Waals surface area (Å²) in [5, 5.41) is 5.19. The first-order valence-corrected chi connectivity index (χ1v) is 13.0. The minimum absolute atomic E-state index is 0.0479. The van der Waals surface area contributed by atoms with E-state index in [0.717, 1.165) is 45.1 Å². The van der Waals surface area contributed by atoms with Gasteiger partial charge in [-0.15, -0.1) is 11.3 Å². The average Bonchev–Trinajstić information content (AvgIpc) is 3.38. The van der Waals surface area contributed by atoms with Crippen molar-refractivity contribution in [1.82, 2.24) is 9.21 Å². The van der Waals surface area contributed by atoms with Gasteiger partial charge in [-0.05, 0) is 55.3 Å². The van der Waals surface area contributed by atoms with Crippen molar-refractivity contribution in [2.45, 2.75) is 49.5 Å². The van der Waals surface area contributed by atoms with Crippen LogP contribution in [0.2, 0.25) is 0 Å². The van der Waals surface area contributed by atoms with Crippen LogP contribution in [0.25, 0.3) is 0 Å². The molecule has 2 saturated heterocycles. The topological polar surface area (TPSA) is 69.7 Å². The van der Waals surface area contributed by atoms with Crippen LogP contribution < -0.4 is 5.32 Å². The van der Waals surface area contributed by atoms with Crippen LogP contribution in [0.1, 0.15) is 49.4 Å². The Morgan fingerprint density at radius 3 is 2.57 bits per heavy atom. The number of carbonyl (C=O) groups is 1. The molecule has 3 heterocycles. The van der Waals surface area contributed by atoms with Crippen LogP contribution in [0.15, 0.2) is 46.7 Å². The molecule has 1 aromatic heterocycles. The quantitative estimate of drug-likeness (QED) is 0.724. The summed E-state index contributed by atoms with van der Waals surface area (Å²) < 4.78 is 27.7.